The van der Waals surface area contributed by atoms with E-state index in [1.807, 2.05) is 12.1 Å². The third-order valence-electron chi connectivity index (χ3n) is 6.02. The van der Waals surface area contributed by atoms with E-state index in [0.717, 1.165) is 43.2 Å². The molecule has 128 valence electrons. The number of carbonyl (C=O) groups excluding carboxylic acids is 2. The standard InChI is InChI=1S/C19H22O5/c1-22-18(20)14-4-2-3-12-13(14)5-6-15-16(12)9-17(24-19(15)21)11-7-8-23-10-11/h4,7-8,10,12-13,15-17H,2-3,5-6,9H2,1H3. The van der Waals surface area contributed by atoms with Crippen LogP contribution in [0.15, 0.2) is 34.7 Å². The lowest BCUT2D eigenvalue weighted by molar-refractivity contribution is -0.172. The third-order valence-corrected chi connectivity index (χ3v) is 6.02. The minimum Gasteiger partial charge on any atom is -0.472 e. The SMILES string of the molecule is COC(=O)C1=CCCC2C1CCC1C(=O)OC(c3ccoc3)CC12. The zero-order valence-electron chi connectivity index (χ0n) is 13.8. The van der Waals surface area contributed by atoms with Crippen LogP contribution in [0.4, 0.5) is 0 Å². The Labute approximate surface area is 141 Å². The summed E-state index contributed by atoms with van der Waals surface area (Å²) in [5, 5.41) is 0. The minimum absolute atomic E-state index is 0.0357. The fourth-order valence-corrected chi connectivity index (χ4v) is 4.94. The summed E-state index contributed by atoms with van der Waals surface area (Å²) in [5.74, 6) is 0.482. The van der Waals surface area contributed by atoms with Crippen molar-refractivity contribution >= 4 is 11.9 Å². The Balaban J connectivity index is 1.60. The van der Waals surface area contributed by atoms with Crippen LogP contribution < -0.4 is 0 Å². The van der Waals surface area contributed by atoms with Crippen molar-refractivity contribution < 1.29 is 23.5 Å². The van der Waals surface area contributed by atoms with Crippen LogP contribution in [-0.2, 0) is 19.1 Å². The predicted molar refractivity (Wildman–Crippen MR) is 84.7 cm³/mol. The number of fused-ring (bicyclic) bond motifs is 3. The van der Waals surface area contributed by atoms with Gasteiger partial charge in [0.05, 0.1) is 25.6 Å². The number of cyclic esters (lactones) is 1. The number of ether oxygens (including phenoxy) is 2. The fraction of sp³-hybridized carbons (Fsp3) is 0.579. The first kappa shape index (κ1) is 15.5. The molecule has 0 amide bonds. The van der Waals surface area contributed by atoms with Gasteiger partial charge in [-0.15, -0.1) is 0 Å². The van der Waals surface area contributed by atoms with E-state index in [1.165, 1.54) is 7.11 Å². The van der Waals surface area contributed by atoms with Crippen LogP contribution in [0.1, 0.15) is 43.8 Å². The fourth-order valence-electron chi connectivity index (χ4n) is 4.94. The largest absolute Gasteiger partial charge is 0.472 e. The molecule has 5 atom stereocenters. The van der Waals surface area contributed by atoms with Crippen molar-refractivity contribution in [1.82, 2.24) is 0 Å². The molecule has 1 aromatic heterocycles. The van der Waals surface area contributed by atoms with Gasteiger partial charge in [-0.25, -0.2) is 4.79 Å². The van der Waals surface area contributed by atoms with Gasteiger partial charge in [0.25, 0.3) is 0 Å². The first-order chi connectivity index (χ1) is 11.7. The van der Waals surface area contributed by atoms with Crippen molar-refractivity contribution in [2.75, 3.05) is 7.11 Å². The van der Waals surface area contributed by atoms with Gasteiger partial charge in [0.1, 0.15) is 6.10 Å². The topological polar surface area (TPSA) is 65.7 Å². The molecule has 2 heterocycles. The molecule has 0 radical (unpaired) electrons. The first-order valence-corrected chi connectivity index (χ1v) is 8.70. The van der Waals surface area contributed by atoms with Crippen LogP contribution in [0.25, 0.3) is 0 Å². The Bertz CT molecular complexity index is 659. The number of esters is 2. The Hall–Kier alpha value is -2.04. The van der Waals surface area contributed by atoms with E-state index in [1.54, 1.807) is 12.5 Å². The van der Waals surface area contributed by atoms with Gasteiger partial charge in [-0.05, 0) is 55.9 Å². The summed E-state index contributed by atoms with van der Waals surface area (Å²) >= 11 is 0. The highest BCUT2D eigenvalue weighted by atomic mass is 16.5. The molecule has 3 aliphatic rings. The molecule has 4 rings (SSSR count). The van der Waals surface area contributed by atoms with Crippen molar-refractivity contribution in [3.63, 3.8) is 0 Å². The highest BCUT2D eigenvalue weighted by Gasteiger charge is 2.50. The van der Waals surface area contributed by atoms with E-state index in [9.17, 15) is 9.59 Å². The van der Waals surface area contributed by atoms with Crippen molar-refractivity contribution in [2.24, 2.45) is 23.7 Å². The van der Waals surface area contributed by atoms with Gasteiger partial charge < -0.3 is 13.9 Å². The summed E-state index contributed by atoms with van der Waals surface area (Å²) in [7, 11) is 1.44. The maximum absolute atomic E-state index is 12.5. The quantitative estimate of drug-likeness (QED) is 0.777. The molecule has 2 aliphatic carbocycles. The molecule has 0 aromatic carbocycles. The van der Waals surface area contributed by atoms with Crippen LogP contribution in [0.2, 0.25) is 0 Å². The second kappa shape index (κ2) is 6.11. The van der Waals surface area contributed by atoms with Crippen LogP contribution in [0.5, 0.6) is 0 Å². The van der Waals surface area contributed by atoms with Crippen LogP contribution in [0.3, 0.4) is 0 Å². The van der Waals surface area contributed by atoms with Crippen LogP contribution >= 0.6 is 0 Å². The number of rotatable bonds is 2. The minimum atomic E-state index is -0.233. The average molecular weight is 330 g/mol. The maximum Gasteiger partial charge on any atom is 0.333 e. The summed E-state index contributed by atoms with van der Waals surface area (Å²) < 4.78 is 15.8. The summed E-state index contributed by atoms with van der Waals surface area (Å²) in [6, 6.07) is 1.86. The summed E-state index contributed by atoms with van der Waals surface area (Å²) in [5.41, 5.74) is 1.73. The van der Waals surface area contributed by atoms with Gasteiger partial charge >= 0.3 is 11.9 Å². The molecule has 1 aromatic rings. The molecule has 0 N–H and O–H groups in total. The molecule has 0 bridgehead atoms. The van der Waals surface area contributed by atoms with E-state index in [0.29, 0.717) is 5.92 Å². The van der Waals surface area contributed by atoms with Gasteiger partial charge in [-0.2, -0.15) is 0 Å². The van der Waals surface area contributed by atoms with Gasteiger partial charge in [0.15, 0.2) is 0 Å². The number of allylic oxidation sites excluding steroid dienone is 1. The second-order valence-corrected chi connectivity index (χ2v) is 7.06. The molecule has 24 heavy (non-hydrogen) atoms. The molecule has 5 heteroatoms. The molecule has 5 unspecified atom stereocenters. The van der Waals surface area contributed by atoms with Gasteiger partial charge in [-0.3, -0.25) is 4.79 Å². The van der Waals surface area contributed by atoms with E-state index in [4.69, 9.17) is 13.9 Å². The molecule has 5 nitrogen and oxygen atoms in total. The summed E-state index contributed by atoms with van der Waals surface area (Å²) in [4.78, 5) is 24.6. The monoisotopic (exact) mass is 330 g/mol. The number of hydrogen-bond donors (Lipinski definition) is 0. The average Bonchev–Trinajstić information content (AvgIpc) is 3.15. The van der Waals surface area contributed by atoms with Crippen molar-refractivity contribution in [2.45, 2.75) is 38.2 Å². The molecule has 1 saturated carbocycles. The zero-order chi connectivity index (χ0) is 16.7. The van der Waals surface area contributed by atoms with Gasteiger partial charge in [0.2, 0.25) is 0 Å². The molecule has 2 fully saturated rings. The van der Waals surface area contributed by atoms with Gasteiger partial charge in [-0.1, -0.05) is 6.08 Å². The van der Waals surface area contributed by atoms with E-state index < -0.39 is 0 Å². The number of hydrogen-bond acceptors (Lipinski definition) is 5. The molecule has 1 saturated heterocycles. The Kier molecular flexibility index (Phi) is 3.94. The highest BCUT2D eigenvalue weighted by molar-refractivity contribution is 5.89. The number of methoxy groups -OCH3 is 1. The van der Waals surface area contributed by atoms with Crippen molar-refractivity contribution in [3.8, 4) is 0 Å². The molecular formula is C19H22O5. The van der Waals surface area contributed by atoms with E-state index in [-0.39, 0.29) is 35.8 Å². The Morgan fingerprint density at radius 2 is 2.04 bits per heavy atom. The van der Waals surface area contributed by atoms with Crippen LogP contribution in [0, 0.1) is 23.7 Å². The van der Waals surface area contributed by atoms with E-state index in [2.05, 4.69) is 0 Å². The van der Waals surface area contributed by atoms with Gasteiger partial charge in [0, 0.05) is 11.1 Å². The third kappa shape index (κ3) is 2.46. The number of furan rings is 1. The summed E-state index contributed by atoms with van der Waals surface area (Å²) in [6.45, 7) is 0. The second-order valence-electron chi connectivity index (χ2n) is 7.06. The zero-order valence-corrected chi connectivity index (χ0v) is 13.8. The predicted octanol–water partition coefficient (Wildman–Crippen LogP) is 3.42. The smallest absolute Gasteiger partial charge is 0.333 e. The number of carbonyl (C=O) groups is 2. The lowest BCUT2D eigenvalue weighted by Crippen LogP contribution is -2.45. The van der Waals surface area contributed by atoms with Crippen molar-refractivity contribution in [3.05, 3.63) is 35.8 Å². The molecular weight excluding hydrogens is 308 g/mol. The highest BCUT2D eigenvalue weighted by Crippen LogP contribution is 2.52. The van der Waals surface area contributed by atoms with E-state index >= 15 is 0 Å². The Morgan fingerprint density at radius 1 is 1.21 bits per heavy atom. The lowest BCUT2D eigenvalue weighted by Gasteiger charge is -2.47. The molecule has 1 aliphatic heterocycles. The van der Waals surface area contributed by atoms with Crippen molar-refractivity contribution in [1.29, 1.82) is 0 Å². The maximum atomic E-state index is 12.5. The Morgan fingerprint density at radius 3 is 2.79 bits per heavy atom. The van der Waals surface area contributed by atoms with Crippen LogP contribution in [-0.4, -0.2) is 19.0 Å². The lowest BCUT2D eigenvalue weighted by atomic mass is 9.59. The molecule has 0 spiro atoms. The normalized spacial score (nSPS) is 35.3. The summed E-state index contributed by atoms with van der Waals surface area (Å²) in [6.07, 6.45) is 9.42. The first-order valence-electron chi connectivity index (χ1n) is 8.70.